The zero-order chi connectivity index (χ0) is 16.5. The number of carbonyl (C=O) groups is 1. The smallest absolute Gasteiger partial charge is 0.421 e. The Bertz CT molecular complexity index is 461. The first-order valence-electron chi connectivity index (χ1n) is 8.57. The first-order chi connectivity index (χ1) is 11.1. The standard InChI is InChI=1S/C18H27FN2O2/c19-17-11-9-15(10-12-17)6-4-5-13-21(18(22)23)20-14-16-7-2-1-3-8-16/h1-3,7-8,15,17,20H,4-6,9-14H2,(H,22,23). The van der Waals surface area contributed by atoms with E-state index in [1.807, 2.05) is 30.3 Å². The van der Waals surface area contributed by atoms with Crippen molar-refractivity contribution in [1.82, 2.24) is 10.4 Å². The molecule has 2 N–H and O–H groups in total. The molecule has 1 aliphatic carbocycles. The van der Waals surface area contributed by atoms with Crippen LogP contribution in [-0.4, -0.2) is 28.9 Å². The predicted octanol–water partition coefficient (Wildman–Crippen LogP) is 4.37. The molecule has 0 unspecified atom stereocenters. The summed E-state index contributed by atoms with van der Waals surface area (Å²) in [5.41, 5.74) is 4.02. The van der Waals surface area contributed by atoms with Gasteiger partial charge in [-0.25, -0.2) is 19.6 Å². The highest BCUT2D eigenvalue weighted by molar-refractivity contribution is 5.64. The van der Waals surface area contributed by atoms with Gasteiger partial charge in [0.1, 0.15) is 6.17 Å². The van der Waals surface area contributed by atoms with E-state index in [-0.39, 0.29) is 0 Å². The molecule has 1 saturated carbocycles. The lowest BCUT2D eigenvalue weighted by molar-refractivity contribution is 0.116. The van der Waals surface area contributed by atoms with Crippen LogP contribution in [0.5, 0.6) is 0 Å². The van der Waals surface area contributed by atoms with Gasteiger partial charge in [-0.1, -0.05) is 43.2 Å². The lowest BCUT2D eigenvalue weighted by Gasteiger charge is -2.24. The van der Waals surface area contributed by atoms with Crippen molar-refractivity contribution in [1.29, 1.82) is 0 Å². The molecule has 2 rings (SSSR count). The minimum absolute atomic E-state index is 0.487. The van der Waals surface area contributed by atoms with Crippen LogP contribution in [0.4, 0.5) is 9.18 Å². The summed E-state index contributed by atoms with van der Waals surface area (Å²) in [7, 11) is 0. The number of nitrogens with zero attached hydrogens (tertiary/aromatic N) is 1. The van der Waals surface area contributed by atoms with Crippen LogP contribution in [0.15, 0.2) is 30.3 Å². The number of carboxylic acid groups (broad SMARTS) is 1. The molecule has 0 bridgehead atoms. The van der Waals surface area contributed by atoms with Gasteiger partial charge in [0.05, 0.1) is 0 Å². The summed E-state index contributed by atoms with van der Waals surface area (Å²) < 4.78 is 13.1. The molecule has 1 aliphatic rings. The van der Waals surface area contributed by atoms with E-state index in [4.69, 9.17) is 0 Å². The molecular formula is C18H27FN2O2. The number of rotatable bonds is 8. The zero-order valence-corrected chi connectivity index (χ0v) is 13.6. The molecule has 0 aliphatic heterocycles. The minimum Gasteiger partial charge on any atom is -0.464 e. The molecule has 23 heavy (non-hydrogen) atoms. The van der Waals surface area contributed by atoms with Crippen molar-refractivity contribution in [3.8, 4) is 0 Å². The Balaban J connectivity index is 1.63. The van der Waals surface area contributed by atoms with Gasteiger partial charge in [-0.2, -0.15) is 0 Å². The van der Waals surface area contributed by atoms with Crippen molar-refractivity contribution in [2.75, 3.05) is 6.54 Å². The average molecular weight is 322 g/mol. The second kappa shape index (κ2) is 9.50. The van der Waals surface area contributed by atoms with Gasteiger partial charge >= 0.3 is 6.09 Å². The number of nitrogens with one attached hydrogen (secondary N) is 1. The Morgan fingerprint density at radius 3 is 2.52 bits per heavy atom. The molecule has 4 nitrogen and oxygen atoms in total. The Hall–Kier alpha value is -1.62. The highest BCUT2D eigenvalue weighted by atomic mass is 19.1. The van der Waals surface area contributed by atoms with Crippen LogP contribution in [0.25, 0.3) is 0 Å². The molecule has 5 heteroatoms. The molecule has 1 fully saturated rings. The van der Waals surface area contributed by atoms with Crippen LogP contribution in [-0.2, 0) is 6.54 Å². The van der Waals surface area contributed by atoms with E-state index in [0.717, 1.165) is 37.7 Å². The van der Waals surface area contributed by atoms with Crippen molar-refractivity contribution in [3.05, 3.63) is 35.9 Å². The number of hydrogen-bond acceptors (Lipinski definition) is 2. The second-order valence-corrected chi connectivity index (χ2v) is 6.37. The molecule has 128 valence electrons. The summed E-state index contributed by atoms with van der Waals surface area (Å²) in [5, 5.41) is 10.5. The van der Waals surface area contributed by atoms with E-state index in [9.17, 15) is 14.3 Å². The molecular weight excluding hydrogens is 295 g/mol. The van der Waals surface area contributed by atoms with E-state index >= 15 is 0 Å². The number of alkyl halides is 1. The SMILES string of the molecule is O=C(O)N(CCCCC1CCC(F)CC1)NCc1ccccc1. The molecule has 0 spiro atoms. The van der Waals surface area contributed by atoms with Crippen LogP contribution in [0.2, 0.25) is 0 Å². The fourth-order valence-electron chi connectivity index (χ4n) is 3.14. The summed E-state index contributed by atoms with van der Waals surface area (Å²) in [6.07, 6.45) is 4.73. The summed E-state index contributed by atoms with van der Waals surface area (Å²) >= 11 is 0. The fraction of sp³-hybridized carbons (Fsp3) is 0.611. The highest BCUT2D eigenvalue weighted by Crippen LogP contribution is 2.29. The summed E-state index contributed by atoms with van der Waals surface area (Å²) in [6.45, 7) is 0.994. The highest BCUT2D eigenvalue weighted by Gasteiger charge is 2.20. The van der Waals surface area contributed by atoms with Gasteiger partial charge in [-0.3, -0.25) is 0 Å². The van der Waals surface area contributed by atoms with Gasteiger partial charge in [0.25, 0.3) is 0 Å². The van der Waals surface area contributed by atoms with Gasteiger partial charge in [-0.15, -0.1) is 0 Å². The largest absolute Gasteiger partial charge is 0.464 e. The fourth-order valence-corrected chi connectivity index (χ4v) is 3.14. The first kappa shape index (κ1) is 17.7. The Labute approximate surface area is 137 Å². The molecule has 1 aromatic carbocycles. The van der Waals surface area contributed by atoms with Gasteiger partial charge in [-0.05, 0) is 43.6 Å². The number of hydrogen-bond donors (Lipinski definition) is 2. The van der Waals surface area contributed by atoms with Crippen LogP contribution >= 0.6 is 0 Å². The van der Waals surface area contributed by atoms with Gasteiger partial charge in [0, 0.05) is 13.1 Å². The predicted molar refractivity (Wildman–Crippen MR) is 88.7 cm³/mol. The number of amides is 1. The van der Waals surface area contributed by atoms with Crippen LogP contribution in [0.3, 0.4) is 0 Å². The molecule has 0 saturated heterocycles. The molecule has 0 radical (unpaired) electrons. The monoisotopic (exact) mass is 322 g/mol. The summed E-state index contributed by atoms with van der Waals surface area (Å²) in [5.74, 6) is 0.623. The molecule has 0 heterocycles. The van der Waals surface area contributed by atoms with E-state index in [0.29, 0.717) is 31.8 Å². The minimum atomic E-state index is -0.945. The lowest BCUT2D eigenvalue weighted by atomic mass is 9.85. The number of benzene rings is 1. The van der Waals surface area contributed by atoms with Crippen molar-refractivity contribution < 1.29 is 14.3 Å². The third kappa shape index (κ3) is 6.57. The lowest BCUT2D eigenvalue weighted by Crippen LogP contribution is -2.42. The van der Waals surface area contributed by atoms with E-state index in [1.165, 1.54) is 5.01 Å². The van der Waals surface area contributed by atoms with Gasteiger partial charge in [0.2, 0.25) is 0 Å². The normalized spacial score (nSPS) is 21.1. The van der Waals surface area contributed by atoms with E-state index in [2.05, 4.69) is 5.43 Å². The molecule has 1 amide bonds. The Kier molecular flexibility index (Phi) is 7.33. The van der Waals surface area contributed by atoms with Gasteiger partial charge < -0.3 is 5.11 Å². The van der Waals surface area contributed by atoms with Crippen LogP contribution in [0.1, 0.15) is 50.5 Å². The molecule has 0 aromatic heterocycles. The zero-order valence-electron chi connectivity index (χ0n) is 13.6. The van der Waals surface area contributed by atoms with Crippen molar-refractivity contribution in [2.24, 2.45) is 5.92 Å². The summed E-state index contributed by atoms with van der Waals surface area (Å²) in [4.78, 5) is 11.3. The van der Waals surface area contributed by atoms with Crippen molar-refractivity contribution >= 4 is 6.09 Å². The maximum Gasteiger partial charge on any atom is 0.421 e. The third-order valence-corrected chi connectivity index (χ3v) is 4.57. The number of hydrazine groups is 1. The van der Waals surface area contributed by atoms with Crippen LogP contribution in [0, 0.1) is 5.92 Å². The maximum absolute atomic E-state index is 13.1. The quantitative estimate of drug-likeness (QED) is 0.552. The second-order valence-electron chi connectivity index (χ2n) is 6.37. The topological polar surface area (TPSA) is 52.6 Å². The maximum atomic E-state index is 13.1. The summed E-state index contributed by atoms with van der Waals surface area (Å²) in [6, 6.07) is 9.75. The Morgan fingerprint density at radius 2 is 1.87 bits per heavy atom. The van der Waals surface area contributed by atoms with Crippen molar-refractivity contribution in [2.45, 2.75) is 57.7 Å². The third-order valence-electron chi connectivity index (χ3n) is 4.57. The Morgan fingerprint density at radius 1 is 1.17 bits per heavy atom. The van der Waals surface area contributed by atoms with Crippen LogP contribution < -0.4 is 5.43 Å². The van der Waals surface area contributed by atoms with E-state index < -0.39 is 12.3 Å². The van der Waals surface area contributed by atoms with Crippen molar-refractivity contribution in [3.63, 3.8) is 0 Å². The van der Waals surface area contributed by atoms with E-state index in [1.54, 1.807) is 0 Å². The average Bonchev–Trinajstić information content (AvgIpc) is 2.56. The van der Waals surface area contributed by atoms with Gasteiger partial charge in [0.15, 0.2) is 0 Å². The first-order valence-corrected chi connectivity index (χ1v) is 8.57. The molecule has 1 aromatic rings. The number of halogens is 1. The number of unbranched alkanes of at least 4 members (excludes halogenated alkanes) is 1. The molecule has 0 atom stereocenters.